The topological polar surface area (TPSA) is 100.0 Å². The number of phenolic OH excluding ortho intramolecular Hbond substituents is 1. The molecule has 0 amide bonds. The van der Waals surface area contributed by atoms with Gasteiger partial charge in [0.2, 0.25) is 0 Å². The van der Waals surface area contributed by atoms with Crippen LogP contribution in [0.5, 0.6) is 5.75 Å². The van der Waals surface area contributed by atoms with E-state index in [1.165, 1.54) is 31.0 Å². The number of rotatable bonds is 5. The number of nitrogens with zero attached hydrogens (tertiary/aromatic N) is 6. The Hall–Kier alpha value is -2.78. The highest BCUT2D eigenvalue weighted by Gasteiger charge is 2.33. The molecule has 0 saturated carbocycles. The van der Waals surface area contributed by atoms with E-state index < -0.39 is 0 Å². The fourth-order valence-electron chi connectivity index (χ4n) is 4.80. The van der Waals surface area contributed by atoms with Crippen LogP contribution in [0.3, 0.4) is 0 Å². The van der Waals surface area contributed by atoms with Crippen LogP contribution in [0.1, 0.15) is 32.1 Å². The van der Waals surface area contributed by atoms with E-state index in [2.05, 4.69) is 42.6 Å². The van der Waals surface area contributed by atoms with Crippen molar-refractivity contribution in [1.82, 2.24) is 30.7 Å². The average Bonchev–Trinajstić information content (AvgIpc) is 2.83. The van der Waals surface area contributed by atoms with Gasteiger partial charge in [-0.25, -0.2) is 4.98 Å². The van der Waals surface area contributed by atoms with E-state index in [4.69, 9.17) is 0 Å². The SMILES string of the molecule is CSc1cc(-c2ccc(-c3ncc(N(C)[C@@H]4C[C@H]5CCC[C@@H](C4)N5)nn3)c(O)c2)cnn1. The van der Waals surface area contributed by atoms with Crippen LogP contribution in [-0.2, 0) is 0 Å². The van der Waals surface area contributed by atoms with Crippen LogP contribution in [0.25, 0.3) is 22.5 Å². The molecule has 3 atom stereocenters. The molecule has 0 spiro atoms. The van der Waals surface area contributed by atoms with Gasteiger partial charge >= 0.3 is 0 Å². The lowest BCUT2D eigenvalue weighted by molar-refractivity contribution is 0.219. The minimum Gasteiger partial charge on any atom is -0.507 e. The van der Waals surface area contributed by atoms with E-state index in [1.54, 1.807) is 18.5 Å². The number of anilines is 1. The first-order valence-electron chi connectivity index (χ1n) is 11.0. The van der Waals surface area contributed by atoms with Gasteiger partial charge in [-0.3, -0.25) is 0 Å². The standard InChI is InChI=1S/C23H27N7OS/c1-30(18-10-16-4-3-5-17(11-18)26-16)21-13-24-23(29-27-21)19-7-6-14(8-20(19)31)15-9-22(32-2)28-25-12-15/h6-9,12-13,16-18,26,31H,3-5,10-11H2,1-2H3/t16-,17+,18-. The third kappa shape index (κ3) is 4.27. The average molecular weight is 450 g/mol. The molecule has 2 aliphatic rings. The first-order valence-corrected chi connectivity index (χ1v) is 12.2. The number of hydrogen-bond donors (Lipinski definition) is 2. The summed E-state index contributed by atoms with van der Waals surface area (Å²) in [6.45, 7) is 0. The van der Waals surface area contributed by atoms with E-state index in [0.717, 1.165) is 34.8 Å². The Bertz CT molecular complexity index is 1080. The van der Waals surface area contributed by atoms with Crippen molar-refractivity contribution in [2.75, 3.05) is 18.2 Å². The quantitative estimate of drug-likeness (QED) is 0.567. The molecule has 2 aliphatic heterocycles. The Morgan fingerprint density at radius 1 is 1.03 bits per heavy atom. The van der Waals surface area contributed by atoms with Crippen LogP contribution in [0.2, 0.25) is 0 Å². The summed E-state index contributed by atoms with van der Waals surface area (Å²) in [6, 6.07) is 9.05. The van der Waals surface area contributed by atoms with Crippen LogP contribution >= 0.6 is 11.8 Å². The van der Waals surface area contributed by atoms with E-state index >= 15 is 0 Å². The highest BCUT2D eigenvalue weighted by atomic mass is 32.2. The number of thioether (sulfide) groups is 1. The summed E-state index contributed by atoms with van der Waals surface area (Å²) in [4.78, 5) is 6.72. The van der Waals surface area contributed by atoms with Gasteiger partial charge in [-0.2, -0.15) is 5.10 Å². The Labute approximate surface area is 191 Å². The van der Waals surface area contributed by atoms with Gasteiger partial charge in [0.25, 0.3) is 0 Å². The molecule has 2 bridgehead atoms. The lowest BCUT2D eigenvalue weighted by Gasteiger charge is -2.43. The van der Waals surface area contributed by atoms with Crippen molar-refractivity contribution in [2.24, 2.45) is 0 Å². The van der Waals surface area contributed by atoms with Gasteiger partial charge in [0.05, 0.1) is 18.0 Å². The maximum Gasteiger partial charge on any atom is 0.185 e. The minimum absolute atomic E-state index is 0.110. The molecule has 1 aromatic carbocycles. The summed E-state index contributed by atoms with van der Waals surface area (Å²) in [6.07, 6.45) is 11.5. The van der Waals surface area contributed by atoms with Crippen molar-refractivity contribution in [2.45, 2.75) is 55.3 Å². The van der Waals surface area contributed by atoms with Crippen LogP contribution in [0.4, 0.5) is 5.82 Å². The summed E-state index contributed by atoms with van der Waals surface area (Å²) in [5.74, 6) is 1.28. The predicted molar refractivity (Wildman–Crippen MR) is 126 cm³/mol. The Morgan fingerprint density at radius 3 is 2.53 bits per heavy atom. The fraction of sp³-hybridized carbons (Fsp3) is 0.435. The Balaban J connectivity index is 1.33. The maximum absolute atomic E-state index is 10.6. The second-order valence-electron chi connectivity index (χ2n) is 8.59. The number of fused-ring (bicyclic) bond motifs is 2. The third-order valence-electron chi connectivity index (χ3n) is 6.56. The second kappa shape index (κ2) is 8.99. The number of aromatic hydroxyl groups is 1. The molecule has 166 valence electrons. The van der Waals surface area contributed by atoms with Gasteiger partial charge in [-0.1, -0.05) is 12.5 Å². The summed E-state index contributed by atoms with van der Waals surface area (Å²) in [5, 5.41) is 32.0. The van der Waals surface area contributed by atoms with Crippen LogP contribution in [0, 0.1) is 0 Å². The zero-order valence-corrected chi connectivity index (χ0v) is 19.1. The molecule has 8 nitrogen and oxygen atoms in total. The largest absolute Gasteiger partial charge is 0.507 e. The first-order chi connectivity index (χ1) is 15.6. The van der Waals surface area contributed by atoms with Crippen molar-refractivity contribution < 1.29 is 5.11 Å². The van der Waals surface area contributed by atoms with Gasteiger partial charge < -0.3 is 15.3 Å². The van der Waals surface area contributed by atoms with E-state index in [-0.39, 0.29) is 5.75 Å². The minimum atomic E-state index is 0.110. The predicted octanol–water partition coefficient (Wildman–Crippen LogP) is 3.53. The zero-order valence-electron chi connectivity index (χ0n) is 18.3. The van der Waals surface area contributed by atoms with Gasteiger partial charge in [0.15, 0.2) is 11.6 Å². The summed E-state index contributed by atoms with van der Waals surface area (Å²) in [5.41, 5.74) is 2.31. The molecule has 2 fully saturated rings. The lowest BCUT2D eigenvalue weighted by atomic mass is 9.83. The molecular weight excluding hydrogens is 422 g/mol. The molecule has 2 aromatic heterocycles. The molecule has 2 saturated heterocycles. The number of hydrogen-bond acceptors (Lipinski definition) is 9. The van der Waals surface area contributed by atoms with Crippen molar-refractivity contribution in [1.29, 1.82) is 0 Å². The monoisotopic (exact) mass is 449 g/mol. The number of benzene rings is 1. The Morgan fingerprint density at radius 2 is 1.84 bits per heavy atom. The molecule has 0 unspecified atom stereocenters. The molecule has 9 heteroatoms. The molecule has 3 aromatic rings. The van der Waals surface area contributed by atoms with Crippen molar-refractivity contribution in [3.05, 3.63) is 36.7 Å². The smallest absolute Gasteiger partial charge is 0.185 e. The zero-order chi connectivity index (χ0) is 22.1. The number of piperidine rings is 2. The molecule has 0 aliphatic carbocycles. The normalized spacial score (nSPS) is 22.5. The van der Waals surface area contributed by atoms with Crippen molar-refractivity contribution in [3.8, 4) is 28.3 Å². The summed E-state index contributed by atoms with van der Waals surface area (Å²) in [7, 11) is 2.08. The molecule has 32 heavy (non-hydrogen) atoms. The second-order valence-corrected chi connectivity index (χ2v) is 9.41. The van der Waals surface area contributed by atoms with Gasteiger partial charge in [0, 0.05) is 30.7 Å². The highest BCUT2D eigenvalue weighted by Crippen LogP contribution is 2.33. The van der Waals surface area contributed by atoms with Gasteiger partial charge in [0.1, 0.15) is 10.8 Å². The van der Waals surface area contributed by atoms with Gasteiger partial charge in [-0.15, -0.1) is 27.1 Å². The Kier molecular flexibility index (Phi) is 5.93. The summed E-state index contributed by atoms with van der Waals surface area (Å²) >= 11 is 1.53. The number of aromatic nitrogens is 5. The highest BCUT2D eigenvalue weighted by molar-refractivity contribution is 7.98. The van der Waals surface area contributed by atoms with Crippen LogP contribution < -0.4 is 10.2 Å². The van der Waals surface area contributed by atoms with E-state index in [0.29, 0.717) is 29.5 Å². The molecule has 5 rings (SSSR count). The summed E-state index contributed by atoms with van der Waals surface area (Å²) < 4.78 is 0. The first kappa shape index (κ1) is 21.1. The van der Waals surface area contributed by atoms with Crippen LogP contribution in [0.15, 0.2) is 41.7 Å². The van der Waals surface area contributed by atoms with Crippen LogP contribution in [-0.4, -0.2) is 61.9 Å². The molecule has 2 N–H and O–H groups in total. The fourth-order valence-corrected chi connectivity index (χ4v) is 5.17. The molecule has 0 radical (unpaired) electrons. The van der Waals surface area contributed by atoms with Gasteiger partial charge in [-0.05, 0) is 55.7 Å². The maximum atomic E-state index is 10.6. The van der Waals surface area contributed by atoms with E-state index in [1.807, 2.05) is 24.5 Å². The van der Waals surface area contributed by atoms with E-state index in [9.17, 15) is 5.11 Å². The number of nitrogens with one attached hydrogen (secondary N) is 1. The van der Waals surface area contributed by atoms with Crippen molar-refractivity contribution >= 4 is 17.6 Å². The molecule has 4 heterocycles. The third-order valence-corrected chi connectivity index (χ3v) is 7.18. The lowest BCUT2D eigenvalue weighted by Crippen LogP contribution is -2.54. The molecular formula is C23H27N7OS. The van der Waals surface area contributed by atoms with Crippen molar-refractivity contribution in [3.63, 3.8) is 0 Å². The number of phenols is 1.